The fraction of sp³-hybridized carbons (Fsp3) is 0.600. The summed E-state index contributed by atoms with van der Waals surface area (Å²) in [6.45, 7) is 10.00. The van der Waals surface area contributed by atoms with Crippen LogP contribution < -0.4 is 5.32 Å². The van der Waals surface area contributed by atoms with Gasteiger partial charge in [-0.3, -0.25) is 0 Å². The highest BCUT2D eigenvalue weighted by atomic mass is 79.9. The van der Waals surface area contributed by atoms with Crippen molar-refractivity contribution in [2.24, 2.45) is 5.92 Å². The third kappa shape index (κ3) is 3.56. The van der Waals surface area contributed by atoms with E-state index in [4.69, 9.17) is 0 Å². The maximum Gasteiger partial charge on any atom is 0.0204 e. The number of benzene rings is 1. The minimum absolute atomic E-state index is 0.239. The largest absolute Gasteiger partial charge is 0.312 e. The smallest absolute Gasteiger partial charge is 0.0204 e. The first kappa shape index (κ1) is 13.1. The lowest BCUT2D eigenvalue weighted by atomic mass is 10.1. The molecule has 2 atom stereocenters. The molecule has 0 heterocycles. The number of nitrogens with one attached hydrogen (secondary N) is 1. The van der Waals surface area contributed by atoms with Gasteiger partial charge < -0.3 is 5.32 Å². The summed E-state index contributed by atoms with van der Waals surface area (Å²) in [6.07, 6.45) is 1.34. The summed E-state index contributed by atoms with van der Waals surface area (Å²) in [5, 5.41) is 3.60. The van der Waals surface area contributed by atoms with Crippen molar-refractivity contribution >= 4 is 15.9 Å². The average Bonchev–Trinajstić information content (AvgIpc) is 2.97. The van der Waals surface area contributed by atoms with E-state index in [-0.39, 0.29) is 5.54 Å². The first-order valence-electron chi connectivity index (χ1n) is 6.38. The van der Waals surface area contributed by atoms with E-state index in [0.717, 1.165) is 18.4 Å². The van der Waals surface area contributed by atoms with Crippen molar-refractivity contribution in [2.45, 2.75) is 45.6 Å². The molecular formula is C15H22BrN. The summed E-state index contributed by atoms with van der Waals surface area (Å²) < 4.78 is 1.21. The summed E-state index contributed by atoms with van der Waals surface area (Å²) in [5.41, 5.74) is 3.09. The molecule has 2 rings (SSSR count). The Bertz CT molecular complexity index is 406. The van der Waals surface area contributed by atoms with E-state index in [0.29, 0.717) is 0 Å². The molecule has 1 aliphatic rings. The van der Waals surface area contributed by atoms with Crippen LogP contribution in [0.25, 0.3) is 0 Å². The van der Waals surface area contributed by atoms with Gasteiger partial charge in [0, 0.05) is 10.0 Å². The van der Waals surface area contributed by atoms with Crippen LogP contribution in [0, 0.1) is 12.8 Å². The predicted molar refractivity (Wildman–Crippen MR) is 77.5 cm³/mol. The molecule has 0 spiro atoms. The van der Waals surface area contributed by atoms with Crippen LogP contribution in [0.2, 0.25) is 0 Å². The molecule has 94 valence electrons. The van der Waals surface area contributed by atoms with Crippen molar-refractivity contribution in [3.05, 3.63) is 33.8 Å². The molecule has 1 aliphatic carbocycles. The summed E-state index contributed by atoms with van der Waals surface area (Å²) in [6, 6.07) is 6.77. The van der Waals surface area contributed by atoms with Crippen molar-refractivity contribution in [3.63, 3.8) is 0 Å². The van der Waals surface area contributed by atoms with Gasteiger partial charge in [-0.15, -0.1) is 0 Å². The lowest BCUT2D eigenvalue weighted by Crippen LogP contribution is -2.37. The Morgan fingerprint density at radius 2 is 2.06 bits per heavy atom. The second kappa shape index (κ2) is 4.74. The predicted octanol–water partition coefficient (Wildman–Crippen LogP) is 4.25. The standard InChI is InChI=1S/C15H22BrN/c1-10-7-11(5-6-14(10)16)13-8-12(13)9-17-15(2,3)4/h5-7,12-13,17H,8-9H2,1-4H3. The topological polar surface area (TPSA) is 12.0 Å². The van der Waals surface area contributed by atoms with Gasteiger partial charge in [0.05, 0.1) is 0 Å². The van der Waals surface area contributed by atoms with E-state index in [9.17, 15) is 0 Å². The average molecular weight is 296 g/mol. The lowest BCUT2D eigenvalue weighted by molar-refractivity contribution is 0.414. The fourth-order valence-corrected chi connectivity index (χ4v) is 2.46. The Balaban J connectivity index is 1.92. The van der Waals surface area contributed by atoms with Crippen LogP contribution in [0.4, 0.5) is 0 Å². The molecule has 0 aliphatic heterocycles. The van der Waals surface area contributed by atoms with Crippen molar-refractivity contribution in [1.82, 2.24) is 5.32 Å². The number of hydrogen-bond acceptors (Lipinski definition) is 1. The van der Waals surface area contributed by atoms with Gasteiger partial charge >= 0.3 is 0 Å². The van der Waals surface area contributed by atoms with Crippen LogP contribution >= 0.6 is 15.9 Å². The van der Waals surface area contributed by atoms with Gasteiger partial charge in [-0.05, 0) is 69.7 Å². The van der Waals surface area contributed by atoms with E-state index in [2.05, 4.69) is 67.1 Å². The second-order valence-electron chi connectivity index (χ2n) is 6.24. The van der Waals surface area contributed by atoms with E-state index < -0.39 is 0 Å². The summed E-state index contributed by atoms with van der Waals surface area (Å²) in [7, 11) is 0. The summed E-state index contributed by atoms with van der Waals surface area (Å²) >= 11 is 3.56. The Morgan fingerprint density at radius 3 is 2.65 bits per heavy atom. The Morgan fingerprint density at radius 1 is 1.35 bits per heavy atom. The normalized spacial score (nSPS) is 23.8. The first-order valence-corrected chi connectivity index (χ1v) is 7.17. The van der Waals surface area contributed by atoms with Crippen molar-refractivity contribution < 1.29 is 0 Å². The van der Waals surface area contributed by atoms with Crippen LogP contribution in [0.5, 0.6) is 0 Å². The zero-order valence-electron chi connectivity index (χ0n) is 11.2. The van der Waals surface area contributed by atoms with E-state index >= 15 is 0 Å². The molecule has 0 amide bonds. The molecule has 0 radical (unpaired) electrons. The highest BCUT2D eigenvalue weighted by Crippen LogP contribution is 2.47. The van der Waals surface area contributed by atoms with E-state index in [1.165, 1.54) is 22.0 Å². The highest BCUT2D eigenvalue weighted by molar-refractivity contribution is 9.10. The molecule has 1 N–H and O–H groups in total. The molecule has 1 aromatic carbocycles. The van der Waals surface area contributed by atoms with Crippen LogP contribution in [0.1, 0.15) is 44.2 Å². The minimum atomic E-state index is 0.239. The zero-order chi connectivity index (χ0) is 12.6. The first-order chi connectivity index (χ1) is 7.87. The lowest BCUT2D eigenvalue weighted by Gasteiger charge is -2.20. The molecular weight excluding hydrogens is 274 g/mol. The Hall–Kier alpha value is -0.340. The highest BCUT2D eigenvalue weighted by Gasteiger charge is 2.38. The van der Waals surface area contributed by atoms with Gasteiger partial charge in [-0.1, -0.05) is 28.1 Å². The van der Waals surface area contributed by atoms with Gasteiger partial charge in [0.15, 0.2) is 0 Å². The molecule has 2 heteroatoms. The SMILES string of the molecule is Cc1cc(C2CC2CNC(C)(C)C)ccc1Br. The molecule has 1 aromatic rings. The number of hydrogen-bond donors (Lipinski definition) is 1. The third-order valence-electron chi connectivity index (χ3n) is 3.43. The summed E-state index contributed by atoms with van der Waals surface area (Å²) in [5.74, 6) is 1.60. The molecule has 17 heavy (non-hydrogen) atoms. The van der Waals surface area contributed by atoms with Crippen LogP contribution in [0.3, 0.4) is 0 Å². The van der Waals surface area contributed by atoms with Crippen molar-refractivity contribution in [3.8, 4) is 0 Å². The number of halogens is 1. The van der Waals surface area contributed by atoms with E-state index in [1.807, 2.05) is 0 Å². The molecule has 1 nitrogen and oxygen atoms in total. The van der Waals surface area contributed by atoms with Gasteiger partial charge in [-0.2, -0.15) is 0 Å². The number of rotatable bonds is 3. The molecule has 0 aromatic heterocycles. The van der Waals surface area contributed by atoms with Crippen LogP contribution in [-0.2, 0) is 0 Å². The maximum atomic E-state index is 3.60. The molecule has 1 saturated carbocycles. The zero-order valence-corrected chi connectivity index (χ0v) is 12.8. The molecule has 0 saturated heterocycles. The molecule has 2 unspecified atom stereocenters. The van der Waals surface area contributed by atoms with Gasteiger partial charge in [0.25, 0.3) is 0 Å². The summed E-state index contributed by atoms with van der Waals surface area (Å²) in [4.78, 5) is 0. The van der Waals surface area contributed by atoms with Crippen molar-refractivity contribution in [1.29, 1.82) is 0 Å². The maximum absolute atomic E-state index is 3.60. The second-order valence-corrected chi connectivity index (χ2v) is 7.10. The molecule has 0 bridgehead atoms. The Labute approximate surface area is 113 Å². The number of aryl methyl sites for hydroxylation is 1. The third-order valence-corrected chi connectivity index (χ3v) is 4.32. The van der Waals surface area contributed by atoms with E-state index in [1.54, 1.807) is 0 Å². The van der Waals surface area contributed by atoms with Gasteiger partial charge in [0.2, 0.25) is 0 Å². The Kier molecular flexibility index (Phi) is 3.65. The quantitative estimate of drug-likeness (QED) is 0.879. The van der Waals surface area contributed by atoms with Gasteiger partial charge in [0.1, 0.15) is 0 Å². The van der Waals surface area contributed by atoms with Crippen LogP contribution in [-0.4, -0.2) is 12.1 Å². The minimum Gasteiger partial charge on any atom is -0.312 e. The molecule has 1 fully saturated rings. The fourth-order valence-electron chi connectivity index (χ4n) is 2.22. The van der Waals surface area contributed by atoms with Gasteiger partial charge in [-0.25, -0.2) is 0 Å². The monoisotopic (exact) mass is 295 g/mol. The van der Waals surface area contributed by atoms with Crippen LogP contribution in [0.15, 0.2) is 22.7 Å². The van der Waals surface area contributed by atoms with Crippen molar-refractivity contribution in [2.75, 3.05) is 6.54 Å².